The fourth-order valence-electron chi connectivity index (χ4n) is 3.21. The number of benzene rings is 2. The van der Waals surface area contributed by atoms with Gasteiger partial charge in [0.2, 0.25) is 0 Å². The third kappa shape index (κ3) is 3.24. The van der Waals surface area contributed by atoms with Crippen LogP contribution in [0.3, 0.4) is 0 Å². The molecule has 140 valence electrons. The van der Waals surface area contributed by atoms with Crippen molar-refractivity contribution in [3.63, 3.8) is 0 Å². The van der Waals surface area contributed by atoms with E-state index in [-0.39, 0.29) is 18.6 Å². The van der Waals surface area contributed by atoms with Crippen molar-refractivity contribution >= 4 is 11.0 Å². The predicted molar refractivity (Wildman–Crippen MR) is 106 cm³/mol. The van der Waals surface area contributed by atoms with Gasteiger partial charge in [-0.15, -0.1) is 0 Å². The summed E-state index contributed by atoms with van der Waals surface area (Å²) in [7, 11) is 0. The quantitative estimate of drug-likeness (QED) is 0.551. The number of hydrogen-bond acceptors (Lipinski definition) is 3. The number of pyridine rings is 1. The summed E-state index contributed by atoms with van der Waals surface area (Å²) in [6.45, 7) is 2.11. The number of fused-ring (bicyclic) bond motifs is 1. The van der Waals surface area contributed by atoms with Crippen LogP contribution >= 0.6 is 0 Å². The van der Waals surface area contributed by atoms with E-state index in [4.69, 9.17) is 0 Å². The van der Waals surface area contributed by atoms with Crippen molar-refractivity contribution in [2.45, 2.75) is 20.0 Å². The molecule has 2 heterocycles. The molecule has 0 bridgehead atoms. The van der Waals surface area contributed by atoms with Crippen LogP contribution in [-0.4, -0.2) is 14.1 Å². The minimum absolute atomic E-state index is 0.0158. The van der Waals surface area contributed by atoms with Gasteiger partial charge in [0, 0.05) is 11.8 Å². The van der Waals surface area contributed by atoms with E-state index in [9.17, 15) is 14.0 Å². The van der Waals surface area contributed by atoms with Crippen LogP contribution < -0.4 is 11.2 Å². The third-order valence-corrected chi connectivity index (χ3v) is 4.73. The zero-order valence-corrected chi connectivity index (χ0v) is 15.3. The SMILES string of the molecule is Cc1ccc(Cn2c(=O)c3ncccc3n(Cc3ccccc3F)c2=O)cc1. The molecule has 0 aliphatic rings. The average molecular weight is 375 g/mol. The molecule has 2 aromatic heterocycles. The van der Waals surface area contributed by atoms with E-state index in [1.807, 2.05) is 31.2 Å². The van der Waals surface area contributed by atoms with Gasteiger partial charge < -0.3 is 0 Å². The molecule has 2 aromatic carbocycles. The molecule has 0 radical (unpaired) electrons. The van der Waals surface area contributed by atoms with Gasteiger partial charge in [0.15, 0.2) is 5.52 Å². The van der Waals surface area contributed by atoms with Crippen LogP contribution in [0.2, 0.25) is 0 Å². The lowest BCUT2D eigenvalue weighted by atomic mass is 10.1. The second-order valence-electron chi connectivity index (χ2n) is 6.71. The van der Waals surface area contributed by atoms with Gasteiger partial charge in [0.25, 0.3) is 5.56 Å². The van der Waals surface area contributed by atoms with Crippen molar-refractivity contribution in [3.8, 4) is 0 Å². The molecule has 0 N–H and O–H groups in total. The third-order valence-electron chi connectivity index (χ3n) is 4.73. The Hall–Kier alpha value is -3.54. The molecule has 6 heteroatoms. The molecule has 28 heavy (non-hydrogen) atoms. The number of aryl methyl sites for hydroxylation is 1. The number of rotatable bonds is 4. The number of halogens is 1. The standard InChI is InChI=1S/C22H18FN3O2/c1-15-8-10-16(11-9-15)13-26-21(27)20-19(7-4-12-24-20)25(22(26)28)14-17-5-2-3-6-18(17)23/h2-12H,13-14H2,1H3. The van der Waals surface area contributed by atoms with Gasteiger partial charge >= 0.3 is 5.69 Å². The fraction of sp³-hybridized carbons (Fsp3) is 0.136. The van der Waals surface area contributed by atoms with Crippen LogP contribution in [-0.2, 0) is 13.1 Å². The summed E-state index contributed by atoms with van der Waals surface area (Å²) in [5, 5.41) is 0. The zero-order chi connectivity index (χ0) is 19.7. The van der Waals surface area contributed by atoms with Crippen LogP contribution in [0.1, 0.15) is 16.7 Å². The van der Waals surface area contributed by atoms with Crippen molar-refractivity contribution < 1.29 is 4.39 Å². The highest BCUT2D eigenvalue weighted by atomic mass is 19.1. The van der Waals surface area contributed by atoms with Crippen molar-refractivity contribution in [2.75, 3.05) is 0 Å². The van der Waals surface area contributed by atoms with Crippen LogP contribution in [0.5, 0.6) is 0 Å². The Kier molecular flexibility index (Phi) is 4.61. The Morgan fingerprint density at radius 3 is 2.39 bits per heavy atom. The van der Waals surface area contributed by atoms with Gasteiger partial charge in [0.05, 0.1) is 18.6 Å². The maximum Gasteiger partial charge on any atom is 0.332 e. The Morgan fingerprint density at radius 1 is 0.893 bits per heavy atom. The summed E-state index contributed by atoms with van der Waals surface area (Å²) >= 11 is 0. The van der Waals surface area contributed by atoms with Crippen molar-refractivity contribution in [1.82, 2.24) is 14.1 Å². The molecular weight excluding hydrogens is 357 g/mol. The highest BCUT2D eigenvalue weighted by Crippen LogP contribution is 2.12. The molecule has 0 atom stereocenters. The maximum atomic E-state index is 14.2. The van der Waals surface area contributed by atoms with E-state index >= 15 is 0 Å². The minimum atomic E-state index is -0.491. The van der Waals surface area contributed by atoms with E-state index in [1.54, 1.807) is 30.3 Å². The van der Waals surface area contributed by atoms with Crippen molar-refractivity contribution in [3.05, 3.63) is 110 Å². The Labute approximate surface area is 160 Å². The van der Waals surface area contributed by atoms with E-state index in [0.29, 0.717) is 11.1 Å². The molecule has 0 saturated heterocycles. The molecule has 0 saturated carbocycles. The fourth-order valence-corrected chi connectivity index (χ4v) is 3.21. The lowest BCUT2D eigenvalue weighted by molar-refractivity contribution is 0.583. The van der Waals surface area contributed by atoms with Crippen LogP contribution in [0.4, 0.5) is 4.39 Å². The highest BCUT2D eigenvalue weighted by Gasteiger charge is 2.15. The highest BCUT2D eigenvalue weighted by molar-refractivity contribution is 5.73. The molecule has 5 nitrogen and oxygen atoms in total. The molecule has 4 rings (SSSR count). The van der Waals surface area contributed by atoms with Crippen molar-refractivity contribution in [2.24, 2.45) is 0 Å². The minimum Gasteiger partial charge on any atom is -0.287 e. The van der Waals surface area contributed by atoms with Crippen LogP contribution in [0.15, 0.2) is 76.4 Å². The maximum absolute atomic E-state index is 14.2. The summed E-state index contributed by atoms with van der Waals surface area (Å²) in [5.41, 5.74) is 1.92. The lowest BCUT2D eigenvalue weighted by Gasteiger charge is -2.14. The van der Waals surface area contributed by atoms with Gasteiger partial charge in [-0.25, -0.2) is 14.2 Å². The van der Waals surface area contributed by atoms with E-state index in [0.717, 1.165) is 15.7 Å². The number of hydrogen-bond donors (Lipinski definition) is 0. The summed E-state index contributed by atoms with van der Waals surface area (Å²) in [5.74, 6) is -0.400. The largest absolute Gasteiger partial charge is 0.332 e. The first-order valence-corrected chi connectivity index (χ1v) is 8.92. The van der Waals surface area contributed by atoms with Gasteiger partial charge in [-0.05, 0) is 30.7 Å². The second-order valence-corrected chi connectivity index (χ2v) is 6.71. The van der Waals surface area contributed by atoms with Gasteiger partial charge in [-0.2, -0.15) is 0 Å². The molecule has 4 aromatic rings. The Morgan fingerprint density at radius 2 is 1.64 bits per heavy atom. The first-order chi connectivity index (χ1) is 13.5. The normalized spacial score (nSPS) is 11.1. The van der Waals surface area contributed by atoms with Crippen LogP contribution in [0.25, 0.3) is 11.0 Å². The summed E-state index contributed by atoms with van der Waals surface area (Å²) in [6, 6.07) is 17.2. The summed E-state index contributed by atoms with van der Waals surface area (Å²) in [4.78, 5) is 30.2. The van der Waals surface area contributed by atoms with E-state index in [2.05, 4.69) is 4.98 Å². The molecule has 0 amide bonds. The first kappa shape index (κ1) is 17.9. The van der Waals surface area contributed by atoms with Crippen LogP contribution in [0, 0.1) is 12.7 Å². The number of nitrogens with zero attached hydrogens (tertiary/aromatic N) is 3. The molecule has 0 unspecified atom stereocenters. The summed E-state index contributed by atoms with van der Waals surface area (Å²) in [6.07, 6.45) is 1.51. The average Bonchev–Trinajstić information content (AvgIpc) is 2.71. The zero-order valence-electron chi connectivity index (χ0n) is 15.3. The monoisotopic (exact) mass is 375 g/mol. The lowest BCUT2D eigenvalue weighted by Crippen LogP contribution is -2.41. The van der Waals surface area contributed by atoms with Crippen molar-refractivity contribution in [1.29, 1.82) is 0 Å². The Bertz CT molecular complexity index is 1270. The predicted octanol–water partition coefficient (Wildman–Crippen LogP) is 3.10. The molecule has 0 fully saturated rings. The molecule has 0 aliphatic carbocycles. The first-order valence-electron chi connectivity index (χ1n) is 8.92. The van der Waals surface area contributed by atoms with Gasteiger partial charge in [-0.3, -0.25) is 13.9 Å². The molecular formula is C22H18FN3O2. The Balaban J connectivity index is 1.91. The smallest absolute Gasteiger partial charge is 0.287 e. The van der Waals surface area contributed by atoms with Gasteiger partial charge in [-0.1, -0.05) is 48.0 Å². The summed E-state index contributed by atoms with van der Waals surface area (Å²) < 4.78 is 16.7. The van der Waals surface area contributed by atoms with Gasteiger partial charge in [0.1, 0.15) is 5.82 Å². The number of aromatic nitrogens is 3. The molecule has 0 spiro atoms. The topological polar surface area (TPSA) is 56.9 Å². The second kappa shape index (κ2) is 7.23. The molecule has 0 aliphatic heterocycles. The van der Waals surface area contributed by atoms with E-state index in [1.165, 1.54) is 16.8 Å². The van der Waals surface area contributed by atoms with E-state index < -0.39 is 17.1 Å².